The van der Waals surface area contributed by atoms with Crippen molar-refractivity contribution in [3.05, 3.63) is 54.1 Å². The average Bonchev–Trinajstić information content (AvgIpc) is 3.27. The molecule has 0 unspecified atom stereocenters. The zero-order valence-electron chi connectivity index (χ0n) is 17.4. The van der Waals surface area contributed by atoms with Crippen molar-refractivity contribution in [2.75, 3.05) is 10.8 Å². The van der Waals surface area contributed by atoms with Crippen LogP contribution in [0.2, 0.25) is 26.2 Å². The van der Waals surface area contributed by atoms with Crippen LogP contribution in [-0.4, -0.2) is 42.4 Å². The first-order valence-corrected chi connectivity index (χ1v) is 18.1. The van der Waals surface area contributed by atoms with E-state index in [-0.39, 0.29) is 0 Å². The van der Waals surface area contributed by atoms with Gasteiger partial charge in [-0.2, -0.15) is 0 Å². The summed E-state index contributed by atoms with van der Waals surface area (Å²) in [7, 11) is -3.58. The number of H-pyrrole nitrogens is 1. The molecule has 3 aromatic rings. The first kappa shape index (κ1) is 20.9. The maximum atomic E-state index is 6.80. The predicted molar refractivity (Wildman–Crippen MR) is 133 cm³/mol. The topological polar surface area (TPSA) is 50.3 Å². The van der Waals surface area contributed by atoms with E-state index in [2.05, 4.69) is 66.5 Å². The van der Waals surface area contributed by atoms with Crippen LogP contribution in [0, 0.1) is 0 Å². The maximum Gasteiger partial charge on any atom is 0.183 e. The Labute approximate surface area is 183 Å². The highest BCUT2D eigenvalue weighted by Crippen LogP contribution is 2.32. The molecule has 1 N–H and O–H groups in total. The summed E-state index contributed by atoms with van der Waals surface area (Å²) in [6.45, 7) is 9.32. The summed E-state index contributed by atoms with van der Waals surface area (Å²) < 4.78 is 6.80. The fourth-order valence-corrected chi connectivity index (χ4v) is 15.8. The Balaban J connectivity index is 1.30. The lowest BCUT2D eigenvalue weighted by Gasteiger charge is -2.33. The second-order valence-electron chi connectivity index (χ2n) is 8.57. The van der Waals surface area contributed by atoms with E-state index in [1.54, 1.807) is 11.8 Å². The minimum absolute atomic E-state index is 0.966. The molecule has 0 amide bonds. The van der Waals surface area contributed by atoms with Gasteiger partial charge in [0.05, 0.1) is 21.8 Å². The SMILES string of the molecule is C[Si](C)(CSC1=Nc2ccccc2C1)O[Si](C)(C)CSc1nc2ccccc2[nH]1. The van der Waals surface area contributed by atoms with Crippen molar-refractivity contribution in [1.29, 1.82) is 0 Å². The molecule has 29 heavy (non-hydrogen) atoms. The molecule has 1 aliphatic heterocycles. The van der Waals surface area contributed by atoms with Crippen molar-refractivity contribution in [3.63, 3.8) is 0 Å². The number of para-hydroxylation sites is 3. The molecule has 0 saturated carbocycles. The zero-order chi connectivity index (χ0) is 20.5. The van der Waals surface area contributed by atoms with Crippen LogP contribution in [0.1, 0.15) is 5.56 Å². The molecule has 0 saturated heterocycles. The highest BCUT2D eigenvalue weighted by atomic mass is 32.2. The molecule has 0 radical (unpaired) electrons. The molecule has 1 aliphatic rings. The Hall–Kier alpha value is -1.33. The van der Waals surface area contributed by atoms with Crippen molar-refractivity contribution in [2.45, 2.75) is 37.8 Å². The molecule has 0 bridgehead atoms. The molecule has 0 atom stereocenters. The molecule has 2 aromatic carbocycles. The third-order valence-corrected chi connectivity index (χ3v) is 16.8. The van der Waals surface area contributed by atoms with Gasteiger partial charge in [0.1, 0.15) is 0 Å². The number of fused-ring (bicyclic) bond motifs is 2. The predicted octanol–water partition coefficient (Wildman–Crippen LogP) is 6.18. The molecular formula is C21H27N3OS2Si2. The molecule has 152 valence electrons. The van der Waals surface area contributed by atoms with E-state index in [1.807, 2.05) is 30.0 Å². The molecule has 0 aliphatic carbocycles. The minimum atomic E-state index is -1.80. The first-order chi connectivity index (χ1) is 13.8. The van der Waals surface area contributed by atoms with Gasteiger partial charge in [-0.25, -0.2) is 9.98 Å². The first-order valence-electron chi connectivity index (χ1n) is 9.86. The van der Waals surface area contributed by atoms with Crippen LogP contribution < -0.4 is 0 Å². The number of rotatable bonds is 7. The number of thioether (sulfide) groups is 2. The summed E-state index contributed by atoms with van der Waals surface area (Å²) in [6, 6.07) is 16.6. The second kappa shape index (κ2) is 8.43. The fourth-order valence-electron chi connectivity index (χ4n) is 3.49. The molecule has 2 heterocycles. The fraction of sp³-hybridized carbons (Fsp3) is 0.333. The van der Waals surface area contributed by atoms with Crippen molar-refractivity contribution in [2.24, 2.45) is 4.99 Å². The average molecular weight is 458 g/mol. The van der Waals surface area contributed by atoms with Gasteiger partial charge in [-0.3, -0.25) is 0 Å². The van der Waals surface area contributed by atoms with Crippen LogP contribution in [0.5, 0.6) is 0 Å². The number of aromatic amines is 1. The molecule has 1 aromatic heterocycles. The molecular weight excluding hydrogens is 431 g/mol. The van der Waals surface area contributed by atoms with Gasteiger partial charge in [-0.15, -0.1) is 11.8 Å². The number of imidazole rings is 1. The van der Waals surface area contributed by atoms with Crippen LogP contribution in [0.4, 0.5) is 5.69 Å². The lowest BCUT2D eigenvalue weighted by Crippen LogP contribution is -2.48. The zero-order valence-corrected chi connectivity index (χ0v) is 21.0. The third-order valence-electron chi connectivity index (χ3n) is 4.64. The van der Waals surface area contributed by atoms with Gasteiger partial charge >= 0.3 is 0 Å². The second-order valence-corrected chi connectivity index (χ2v) is 20.2. The van der Waals surface area contributed by atoms with Crippen molar-refractivity contribution < 1.29 is 4.12 Å². The van der Waals surface area contributed by atoms with Crippen molar-refractivity contribution in [1.82, 2.24) is 9.97 Å². The summed E-state index contributed by atoms with van der Waals surface area (Å²) in [6.07, 6.45) is 0.966. The van der Waals surface area contributed by atoms with E-state index < -0.39 is 16.6 Å². The van der Waals surface area contributed by atoms with Gasteiger partial charge in [-0.05, 0) is 50.0 Å². The lowest BCUT2D eigenvalue weighted by atomic mass is 10.2. The number of aromatic nitrogens is 2. The number of benzene rings is 2. The Kier molecular flexibility index (Phi) is 6.08. The number of nitrogens with zero attached hydrogens (tertiary/aromatic N) is 2. The molecule has 8 heteroatoms. The third kappa shape index (κ3) is 5.43. The van der Waals surface area contributed by atoms with Crippen LogP contribution in [0.15, 0.2) is 58.7 Å². The smallest absolute Gasteiger partial charge is 0.183 e. The van der Waals surface area contributed by atoms with Gasteiger partial charge in [0.2, 0.25) is 0 Å². The minimum Gasteiger partial charge on any atom is -0.454 e. The Bertz CT molecular complexity index is 1020. The Morgan fingerprint density at radius 3 is 2.38 bits per heavy atom. The number of hydrogen-bond acceptors (Lipinski definition) is 5. The summed E-state index contributed by atoms with van der Waals surface area (Å²) in [5.74, 6) is 0. The van der Waals surface area contributed by atoms with Crippen LogP contribution >= 0.6 is 23.5 Å². The number of nitrogens with one attached hydrogen (secondary N) is 1. The summed E-state index contributed by atoms with van der Waals surface area (Å²) >= 11 is 3.68. The van der Waals surface area contributed by atoms with E-state index >= 15 is 0 Å². The van der Waals surface area contributed by atoms with Gasteiger partial charge in [0.25, 0.3) is 0 Å². The lowest BCUT2D eigenvalue weighted by molar-refractivity contribution is 0.556. The normalized spacial score (nSPS) is 14.3. The van der Waals surface area contributed by atoms with Crippen LogP contribution in [-0.2, 0) is 10.5 Å². The maximum absolute atomic E-state index is 6.80. The Morgan fingerprint density at radius 1 is 0.931 bits per heavy atom. The van der Waals surface area contributed by atoms with Gasteiger partial charge in [0.15, 0.2) is 21.8 Å². The molecule has 0 spiro atoms. The standard InChI is InChI=1S/C21H27N3OS2Si2/c1-28(2,14-26-20-13-16-9-5-6-10-17(16)22-20)25-29(3,4)15-27-21-23-18-11-7-8-12-19(18)24-21/h5-12H,13-15H2,1-4H3,(H,23,24). The molecule has 4 rings (SSSR count). The molecule has 0 fully saturated rings. The van der Waals surface area contributed by atoms with E-state index in [0.717, 1.165) is 39.1 Å². The number of hydrogen-bond donors (Lipinski definition) is 1. The quantitative estimate of drug-likeness (QED) is 0.340. The van der Waals surface area contributed by atoms with Crippen LogP contribution in [0.25, 0.3) is 11.0 Å². The monoisotopic (exact) mass is 457 g/mol. The summed E-state index contributed by atoms with van der Waals surface area (Å²) in [5.41, 5.74) is 4.60. The largest absolute Gasteiger partial charge is 0.454 e. The Morgan fingerprint density at radius 2 is 1.62 bits per heavy atom. The summed E-state index contributed by atoms with van der Waals surface area (Å²) in [5, 5.41) is 4.26. The number of aliphatic imine (C=N–C) groups is 1. The van der Waals surface area contributed by atoms with Crippen molar-refractivity contribution >= 4 is 61.9 Å². The highest BCUT2D eigenvalue weighted by Gasteiger charge is 2.34. The van der Waals surface area contributed by atoms with Gasteiger partial charge in [0, 0.05) is 17.2 Å². The van der Waals surface area contributed by atoms with Gasteiger partial charge < -0.3 is 9.10 Å². The summed E-state index contributed by atoms with van der Waals surface area (Å²) in [4.78, 5) is 12.9. The van der Waals surface area contributed by atoms with Crippen molar-refractivity contribution in [3.8, 4) is 0 Å². The molecule has 4 nitrogen and oxygen atoms in total. The highest BCUT2D eigenvalue weighted by molar-refractivity contribution is 8.15. The van der Waals surface area contributed by atoms with E-state index in [1.165, 1.54) is 10.6 Å². The van der Waals surface area contributed by atoms with Crippen LogP contribution in [0.3, 0.4) is 0 Å². The van der Waals surface area contributed by atoms with E-state index in [9.17, 15) is 0 Å². The van der Waals surface area contributed by atoms with E-state index in [4.69, 9.17) is 9.11 Å². The van der Waals surface area contributed by atoms with Gasteiger partial charge in [-0.1, -0.05) is 42.1 Å². The van der Waals surface area contributed by atoms with E-state index in [0.29, 0.717) is 0 Å².